The van der Waals surface area contributed by atoms with E-state index in [0.29, 0.717) is 11.5 Å². The van der Waals surface area contributed by atoms with Crippen LogP contribution in [0, 0.1) is 13.8 Å². The predicted octanol–water partition coefficient (Wildman–Crippen LogP) is 4.36. The highest BCUT2D eigenvalue weighted by atomic mass is 16.3. The average molecular weight is 268 g/mol. The van der Waals surface area contributed by atoms with Crippen molar-refractivity contribution in [1.29, 1.82) is 0 Å². The van der Waals surface area contributed by atoms with Crippen molar-refractivity contribution in [2.24, 2.45) is 0 Å². The fraction of sp³-hybridized carbons (Fsp3) is 0.222. The van der Waals surface area contributed by atoms with Gasteiger partial charge in [0.25, 0.3) is 0 Å². The van der Waals surface area contributed by atoms with Gasteiger partial charge < -0.3 is 10.2 Å². The summed E-state index contributed by atoms with van der Waals surface area (Å²) >= 11 is 0. The summed E-state index contributed by atoms with van der Waals surface area (Å²) in [6, 6.07) is 11.2. The number of phenols is 2. The molecule has 20 heavy (non-hydrogen) atoms. The SMILES string of the molecule is Cc1c(O)cccc1/C=C/CCc1cccc(O)c1C. The largest absolute Gasteiger partial charge is 0.508 e. The molecule has 2 N–H and O–H groups in total. The Hall–Kier alpha value is -2.22. The molecule has 2 heteroatoms. The van der Waals surface area contributed by atoms with E-state index in [0.717, 1.165) is 29.5 Å². The Balaban J connectivity index is 2.01. The van der Waals surface area contributed by atoms with E-state index in [9.17, 15) is 10.2 Å². The van der Waals surface area contributed by atoms with Gasteiger partial charge in [0.2, 0.25) is 0 Å². The topological polar surface area (TPSA) is 40.5 Å². The fourth-order valence-electron chi connectivity index (χ4n) is 2.21. The fourth-order valence-corrected chi connectivity index (χ4v) is 2.21. The first-order valence-corrected chi connectivity index (χ1v) is 6.82. The van der Waals surface area contributed by atoms with Gasteiger partial charge in [-0.05, 0) is 61.1 Å². The number of rotatable bonds is 4. The molecule has 0 aliphatic carbocycles. The van der Waals surface area contributed by atoms with Crippen molar-refractivity contribution < 1.29 is 10.2 Å². The average Bonchev–Trinajstić information content (AvgIpc) is 2.43. The van der Waals surface area contributed by atoms with Gasteiger partial charge in [0, 0.05) is 0 Å². The maximum Gasteiger partial charge on any atom is 0.119 e. The van der Waals surface area contributed by atoms with Gasteiger partial charge in [-0.25, -0.2) is 0 Å². The molecule has 0 aromatic heterocycles. The second-order valence-electron chi connectivity index (χ2n) is 4.99. The smallest absolute Gasteiger partial charge is 0.119 e. The molecule has 0 amide bonds. The van der Waals surface area contributed by atoms with Gasteiger partial charge in [0.15, 0.2) is 0 Å². The molecule has 0 heterocycles. The van der Waals surface area contributed by atoms with Crippen LogP contribution in [0.3, 0.4) is 0 Å². The number of hydrogen-bond acceptors (Lipinski definition) is 2. The molecule has 2 aromatic carbocycles. The van der Waals surface area contributed by atoms with Crippen molar-refractivity contribution in [1.82, 2.24) is 0 Å². The second kappa shape index (κ2) is 6.29. The van der Waals surface area contributed by atoms with Crippen LogP contribution in [-0.4, -0.2) is 10.2 Å². The van der Waals surface area contributed by atoms with Gasteiger partial charge in [0.1, 0.15) is 11.5 Å². The number of hydrogen-bond donors (Lipinski definition) is 2. The molecular formula is C18H20O2. The molecular weight excluding hydrogens is 248 g/mol. The number of aromatic hydroxyl groups is 2. The monoisotopic (exact) mass is 268 g/mol. The van der Waals surface area contributed by atoms with Gasteiger partial charge in [-0.2, -0.15) is 0 Å². The standard InChI is InChI=1S/C18H20O2/c1-13-15(9-5-11-17(13)19)7-3-4-8-16-10-6-12-18(20)14(16)2/h3,5-7,9-12,19-20H,4,8H2,1-2H3/b7-3+. The van der Waals surface area contributed by atoms with E-state index < -0.39 is 0 Å². The van der Waals surface area contributed by atoms with Gasteiger partial charge in [0.05, 0.1) is 0 Å². The Morgan fingerprint density at radius 3 is 2.30 bits per heavy atom. The molecule has 0 unspecified atom stereocenters. The van der Waals surface area contributed by atoms with E-state index in [-0.39, 0.29) is 0 Å². The number of phenolic OH excluding ortho intramolecular Hbond substituents is 2. The lowest BCUT2D eigenvalue weighted by molar-refractivity contribution is 0.470. The van der Waals surface area contributed by atoms with E-state index in [1.54, 1.807) is 12.1 Å². The summed E-state index contributed by atoms with van der Waals surface area (Å²) < 4.78 is 0. The van der Waals surface area contributed by atoms with Crippen LogP contribution in [0.4, 0.5) is 0 Å². The quantitative estimate of drug-likeness (QED) is 0.865. The summed E-state index contributed by atoms with van der Waals surface area (Å²) in [5, 5.41) is 19.3. The molecule has 0 saturated heterocycles. The zero-order valence-corrected chi connectivity index (χ0v) is 11.9. The van der Waals surface area contributed by atoms with Crippen LogP contribution in [0.15, 0.2) is 42.5 Å². The number of allylic oxidation sites excluding steroid dienone is 1. The minimum atomic E-state index is 0.330. The predicted molar refractivity (Wildman–Crippen MR) is 83.0 cm³/mol. The lowest BCUT2D eigenvalue weighted by atomic mass is 10.0. The first kappa shape index (κ1) is 14.2. The first-order valence-electron chi connectivity index (χ1n) is 6.82. The third-order valence-electron chi connectivity index (χ3n) is 3.64. The van der Waals surface area contributed by atoms with Gasteiger partial charge in [-0.1, -0.05) is 36.4 Å². The van der Waals surface area contributed by atoms with E-state index >= 15 is 0 Å². The summed E-state index contributed by atoms with van der Waals surface area (Å²) in [4.78, 5) is 0. The lowest BCUT2D eigenvalue weighted by Crippen LogP contribution is -1.88. The van der Waals surface area contributed by atoms with Crippen LogP contribution in [0.1, 0.15) is 28.7 Å². The van der Waals surface area contributed by atoms with Crippen molar-refractivity contribution in [2.45, 2.75) is 26.7 Å². The Kier molecular flexibility index (Phi) is 4.46. The molecule has 2 nitrogen and oxygen atoms in total. The van der Waals surface area contributed by atoms with Crippen molar-refractivity contribution >= 4 is 6.08 Å². The third-order valence-corrected chi connectivity index (χ3v) is 3.64. The Bertz CT molecular complexity index is 627. The number of benzene rings is 2. The molecule has 0 saturated carbocycles. The summed E-state index contributed by atoms with van der Waals surface area (Å²) in [5.74, 6) is 0.686. The number of aryl methyl sites for hydroxylation is 1. The molecule has 0 atom stereocenters. The van der Waals surface area contributed by atoms with Crippen molar-refractivity contribution in [3.8, 4) is 11.5 Å². The maximum atomic E-state index is 9.66. The lowest BCUT2D eigenvalue weighted by Gasteiger charge is -2.06. The highest BCUT2D eigenvalue weighted by Gasteiger charge is 2.01. The minimum Gasteiger partial charge on any atom is -0.508 e. The zero-order valence-electron chi connectivity index (χ0n) is 11.9. The van der Waals surface area contributed by atoms with Crippen molar-refractivity contribution in [3.63, 3.8) is 0 Å². The van der Waals surface area contributed by atoms with Crippen LogP contribution in [0.5, 0.6) is 11.5 Å². The van der Waals surface area contributed by atoms with E-state index in [2.05, 4.69) is 6.08 Å². The molecule has 0 spiro atoms. The Labute approximate surface area is 120 Å². The first-order chi connectivity index (χ1) is 9.59. The molecule has 104 valence electrons. The highest BCUT2D eigenvalue weighted by molar-refractivity contribution is 5.57. The van der Waals surface area contributed by atoms with E-state index in [4.69, 9.17) is 0 Å². The summed E-state index contributed by atoms with van der Waals surface area (Å²) in [6.45, 7) is 3.85. The van der Waals surface area contributed by atoms with Gasteiger partial charge >= 0.3 is 0 Å². The molecule has 0 bridgehead atoms. The minimum absolute atomic E-state index is 0.330. The van der Waals surface area contributed by atoms with Crippen LogP contribution in [0.25, 0.3) is 6.08 Å². The molecule has 2 rings (SSSR count). The van der Waals surface area contributed by atoms with E-state index in [1.807, 2.05) is 44.2 Å². The van der Waals surface area contributed by atoms with Crippen molar-refractivity contribution in [2.75, 3.05) is 0 Å². The van der Waals surface area contributed by atoms with Crippen LogP contribution >= 0.6 is 0 Å². The molecule has 2 aromatic rings. The molecule has 0 fully saturated rings. The Morgan fingerprint density at radius 1 is 0.900 bits per heavy atom. The van der Waals surface area contributed by atoms with Crippen LogP contribution in [-0.2, 0) is 6.42 Å². The maximum absolute atomic E-state index is 9.66. The third kappa shape index (κ3) is 3.21. The molecule has 0 aliphatic rings. The van der Waals surface area contributed by atoms with Crippen LogP contribution in [0.2, 0.25) is 0 Å². The second-order valence-corrected chi connectivity index (χ2v) is 4.99. The zero-order chi connectivity index (χ0) is 14.5. The van der Waals surface area contributed by atoms with Gasteiger partial charge in [-0.3, -0.25) is 0 Å². The van der Waals surface area contributed by atoms with E-state index in [1.165, 1.54) is 5.56 Å². The summed E-state index contributed by atoms with van der Waals surface area (Å²) in [7, 11) is 0. The Morgan fingerprint density at radius 2 is 1.55 bits per heavy atom. The highest BCUT2D eigenvalue weighted by Crippen LogP contribution is 2.22. The summed E-state index contributed by atoms with van der Waals surface area (Å²) in [5.41, 5.74) is 4.06. The van der Waals surface area contributed by atoms with Crippen molar-refractivity contribution in [3.05, 3.63) is 64.7 Å². The summed E-state index contributed by atoms with van der Waals surface area (Å²) in [6.07, 6.45) is 5.94. The molecule has 0 aliphatic heterocycles. The van der Waals surface area contributed by atoms with Gasteiger partial charge in [-0.15, -0.1) is 0 Å². The molecule has 0 radical (unpaired) electrons. The van der Waals surface area contributed by atoms with Crippen LogP contribution < -0.4 is 0 Å². The normalized spacial score (nSPS) is 11.1.